The summed E-state index contributed by atoms with van der Waals surface area (Å²) in [6.07, 6.45) is 118. The number of hydrogen-bond acceptors (Lipinski definition) is 7. The highest BCUT2D eigenvalue weighted by Crippen LogP contribution is 2.43. The molecule has 0 heterocycles. The Labute approximate surface area is 603 Å². The Morgan fingerprint density at radius 1 is 0.316 bits per heavy atom. The molecule has 0 aliphatic rings. The zero-order valence-corrected chi connectivity index (χ0v) is 64.1. The Balaban J connectivity index is 4.07. The lowest BCUT2D eigenvalue weighted by Gasteiger charge is -2.24. The monoisotopic (exact) mass is 1380 g/mol. The van der Waals surface area contributed by atoms with Crippen LogP contribution in [0.15, 0.2) is 194 Å². The molecule has 0 radical (unpaired) electrons. The summed E-state index contributed by atoms with van der Waals surface area (Å²) in [7, 11) is 1.45. The topological polar surface area (TPSA) is 108 Å². The number of ether oxygens (including phenoxy) is 2. The number of hydrogen-bond donors (Lipinski definition) is 1. The zero-order chi connectivity index (χ0) is 71.1. The van der Waals surface area contributed by atoms with Crippen LogP contribution in [0.25, 0.3) is 0 Å². The van der Waals surface area contributed by atoms with Gasteiger partial charge in [-0.3, -0.25) is 18.6 Å². The van der Waals surface area contributed by atoms with Gasteiger partial charge in [-0.2, -0.15) is 0 Å². The van der Waals surface area contributed by atoms with Crippen LogP contribution in [-0.2, 0) is 32.7 Å². The van der Waals surface area contributed by atoms with E-state index in [0.29, 0.717) is 17.4 Å². The van der Waals surface area contributed by atoms with Crippen molar-refractivity contribution in [2.24, 2.45) is 0 Å². The van der Waals surface area contributed by atoms with Crippen molar-refractivity contribution in [2.45, 2.75) is 302 Å². The quantitative estimate of drug-likeness (QED) is 0.0211. The van der Waals surface area contributed by atoms with Gasteiger partial charge in [0.15, 0.2) is 6.10 Å². The average molecular weight is 1380 g/mol. The smallest absolute Gasteiger partial charge is 0.462 e. The fourth-order valence-electron chi connectivity index (χ4n) is 10.2. The zero-order valence-electron chi connectivity index (χ0n) is 63.2. The maximum absolute atomic E-state index is 12.9. The summed E-state index contributed by atoms with van der Waals surface area (Å²) in [6, 6.07) is 0. The average Bonchev–Trinajstić information content (AvgIpc) is 1.08. The normalized spacial score (nSPS) is 14.1. The van der Waals surface area contributed by atoms with Crippen LogP contribution < -0.4 is 0 Å². The Kier molecular flexibility index (Phi) is 72.0. The second-order valence-electron chi connectivity index (χ2n) is 26.6. The molecule has 9 nitrogen and oxygen atoms in total. The largest absolute Gasteiger partial charge is 0.472 e. The van der Waals surface area contributed by atoms with Gasteiger partial charge in [-0.25, -0.2) is 4.57 Å². The van der Waals surface area contributed by atoms with E-state index < -0.39 is 26.5 Å². The Bertz CT molecular complexity index is 2360. The van der Waals surface area contributed by atoms with Gasteiger partial charge in [0.25, 0.3) is 0 Å². The van der Waals surface area contributed by atoms with Crippen molar-refractivity contribution in [1.82, 2.24) is 0 Å². The number of quaternary nitrogens is 1. The van der Waals surface area contributed by atoms with Crippen molar-refractivity contribution in [3.8, 4) is 0 Å². The van der Waals surface area contributed by atoms with Gasteiger partial charge in [0, 0.05) is 12.8 Å². The second-order valence-corrected chi connectivity index (χ2v) is 28.1. The van der Waals surface area contributed by atoms with E-state index in [2.05, 4.69) is 208 Å². The van der Waals surface area contributed by atoms with Gasteiger partial charge >= 0.3 is 19.8 Å². The summed E-state index contributed by atoms with van der Waals surface area (Å²) in [5.74, 6) is -0.815. The number of nitrogens with zero attached hydrogens (tertiary/aromatic N) is 1. The summed E-state index contributed by atoms with van der Waals surface area (Å²) in [5, 5.41) is 0. The highest BCUT2D eigenvalue weighted by atomic mass is 31.2. The number of esters is 2. The van der Waals surface area contributed by atoms with Crippen LogP contribution >= 0.6 is 7.82 Å². The lowest BCUT2D eigenvalue weighted by atomic mass is 10.0. The van der Waals surface area contributed by atoms with E-state index in [1.54, 1.807) is 0 Å². The third kappa shape index (κ3) is 79.8. The van der Waals surface area contributed by atoms with E-state index in [1.165, 1.54) is 116 Å². The number of carbonyl (C=O) groups excluding carboxylic acids is 2. The number of allylic oxidation sites excluding steroid dienone is 32. The maximum Gasteiger partial charge on any atom is 0.472 e. The molecule has 98 heavy (non-hydrogen) atoms. The summed E-state index contributed by atoms with van der Waals surface area (Å²) >= 11 is 0. The fraction of sp³-hybridized carbons (Fsp3) is 0.614. The predicted octanol–water partition coefficient (Wildman–Crippen LogP) is 26.4. The maximum atomic E-state index is 12.9. The van der Waals surface area contributed by atoms with Crippen LogP contribution in [0.4, 0.5) is 0 Å². The van der Waals surface area contributed by atoms with Gasteiger partial charge in [0.1, 0.15) is 19.8 Å². The van der Waals surface area contributed by atoms with Crippen LogP contribution in [0.1, 0.15) is 296 Å². The lowest BCUT2D eigenvalue weighted by molar-refractivity contribution is -0.870. The fourth-order valence-corrected chi connectivity index (χ4v) is 11.0. The molecule has 2 unspecified atom stereocenters. The minimum absolute atomic E-state index is 0.0209. The van der Waals surface area contributed by atoms with Crippen LogP contribution in [0.5, 0.6) is 0 Å². The van der Waals surface area contributed by atoms with Gasteiger partial charge in [-0.05, 0) is 141 Å². The second kappa shape index (κ2) is 76.0. The molecule has 1 N–H and O–H groups in total. The number of phosphoric ester groups is 1. The number of unbranched alkanes of at least 4 members (excludes halogenated alkanes) is 24. The molecule has 0 fully saturated rings. The minimum Gasteiger partial charge on any atom is -0.462 e. The van der Waals surface area contributed by atoms with E-state index in [-0.39, 0.29) is 32.0 Å². The molecule has 0 bridgehead atoms. The molecule has 0 aliphatic heterocycles. The Morgan fingerprint density at radius 3 is 0.816 bits per heavy atom. The van der Waals surface area contributed by atoms with Crippen molar-refractivity contribution >= 4 is 19.8 Å². The molecule has 554 valence electrons. The van der Waals surface area contributed by atoms with Crippen LogP contribution in [0.2, 0.25) is 0 Å². The Morgan fingerprint density at radius 2 is 0.551 bits per heavy atom. The lowest BCUT2D eigenvalue weighted by Crippen LogP contribution is -2.37. The molecule has 0 aromatic heterocycles. The van der Waals surface area contributed by atoms with E-state index >= 15 is 0 Å². The summed E-state index contributed by atoms with van der Waals surface area (Å²) in [6.45, 7) is 4.19. The molecule has 0 spiro atoms. The summed E-state index contributed by atoms with van der Waals surface area (Å²) < 4.78 is 34.8. The molecule has 0 saturated heterocycles. The van der Waals surface area contributed by atoms with E-state index in [0.717, 1.165) is 148 Å². The van der Waals surface area contributed by atoms with Gasteiger partial charge in [-0.1, -0.05) is 337 Å². The van der Waals surface area contributed by atoms with Gasteiger partial charge in [-0.15, -0.1) is 0 Å². The first-order valence-electron chi connectivity index (χ1n) is 39.2. The Hall–Kier alpha value is -5.15. The first-order chi connectivity index (χ1) is 48.0. The van der Waals surface area contributed by atoms with Crippen molar-refractivity contribution in [3.63, 3.8) is 0 Å². The van der Waals surface area contributed by atoms with Crippen LogP contribution in [0.3, 0.4) is 0 Å². The highest BCUT2D eigenvalue weighted by Gasteiger charge is 2.27. The van der Waals surface area contributed by atoms with Crippen molar-refractivity contribution < 1.29 is 42.1 Å². The third-order valence-corrected chi connectivity index (χ3v) is 17.1. The molecule has 0 aliphatic carbocycles. The molecule has 0 amide bonds. The number of rotatable bonds is 70. The minimum atomic E-state index is -4.41. The number of phosphoric acid groups is 1. The predicted molar refractivity (Wildman–Crippen MR) is 426 cm³/mol. The molecule has 2 atom stereocenters. The van der Waals surface area contributed by atoms with E-state index in [4.69, 9.17) is 18.5 Å². The van der Waals surface area contributed by atoms with Crippen molar-refractivity contribution in [2.75, 3.05) is 47.5 Å². The van der Waals surface area contributed by atoms with Crippen molar-refractivity contribution in [1.29, 1.82) is 0 Å². The van der Waals surface area contributed by atoms with Gasteiger partial charge in [0.2, 0.25) is 0 Å². The first-order valence-corrected chi connectivity index (χ1v) is 40.7. The van der Waals surface area contributed by atoms with E-state index in [1.807, 2.05) is 21.1 Å². The van der Waals surface area contributed by atoms with Crippen LogP contribution in [-0.4, -0.2) is 74.9 Å². The molecule has 0 aromatic rings. The summed E-state index contributed by atoms with van der Waals surface area (Å²) in [4.78, 5) is 36.0. The molecule has 0 rings (SSSR count). The van der Waals surface area contributed by atoms with Gasteiger partial charge < -0.3 is 18.9 Å². The van der Waals surface area contributed by atoms with Crippen LogP contribution in [0, 0.1) is 0 Å². The molecule has 0 aromatic carbocycles. The van der Waals surface area contributed by atoms with Crippen molar-refractivity contribution in [3.05, 3.63) is 194 Å². The number of likely N-dealkylation sites (N-methyl/N-ethyl adjacent to an activating group) is 1. The standard InChI is InChI=1S/C88H144NO8P/c1-6-8-10-12-14-16-18-20-22-24-26-28-30-32-34-36-38-40-42-43-44-45-47-48-50-52-54-56-58-60-62-64-66-68-70-72-74-76-78-80-87(90)94-84-86(85-96-98(92,93)95-83-82-89(3,4)5)97-88(91)81-79-77-75-73-71-69-67-65-63-61-59-57-55-53-51-49-46-41-39-37-35-33-31-29-27-25-23-21-19-17-15-13-11-9-7-2/h8-11,14-17,20-23,26-29,32-35,38-41,43-44,49,51,55,57,61,63,86H,6-7,12-13,18-19,24-25,30-31,36-37,42,45-48,50,52-54,56,58-60,62,64-85H2,1-5H3/p+1/b10-8-,11-9-,16-14-,17-15-,22-20-,23-21-,28-26-,29-27-,34-32-,35-33-,40-38-,41-39-,44-43-,51-49-,57-55-,63-61-. The molecular weight excluding hydrogens is 1230 g/mol. The van der Waals surface area contributed by atoms with Gasteiger partial charge in [0.05, 0.1) is 27.7 Å². The molecular formula is C88H145NO8P+. The number of carbonyl (C=O) groups is 2. The SMILES string of the molecule is CC/C=C\C/C=C\C/C=C\C/C=C\C/C=C\C/C=C\C/C=C\C/C=C\C/C=C\CCCCCCCCCC(=O)OC(COC(=O)CCCCCCCCCCCCCCCCCCC/C=C\C/C=C\C/C=C\C/C=C\C/C=C\C/C=C\C/C=C\CC)COP(=O)(O)OCC[N+](C)(C)C. The third-order valence-electron chi connectivity index (χ3n) is 16.1. The summed E-state index contributed by atoms with van der Waals surface area (Å²) in [5.41, 5.74) is 0. The van der Waals surface area contributed by atoms with E-state index in [9.17, 15) is 19.0 Å². The molecule has 10 heteroatoms. The molecule has 0 saturated carbocycles. The highest BCUT2D eigenvalue weighted by molar-refractivity contribution is 7.47. The first kappa shape index (κ1) is 92.8.